The minimum atomic E-state index is -0.234. The average Bonchev–Trinajstić information content (AvgIpc) is 2.33. The molecule has 0 unspecified atom stereocenters. The Morgan fingerprint density at radius 2 is 2.28 bits per heavy atom. The third-order valence-electron chi connectivity index (χ3n) is 2.19. The van der Waals surface area contributed by atoms with E-state index in [4.69, 9.17) is 4.74 Å². The van der Waals surface area contributed by atoms with Crippen LogP contribution in [0, 0.1) is 5.92 Å². The summed E-state index contributed by atoms with van der Waals surface area (Å²) < 4.78 is 5.40. The predicted octanol–water partition coefficient (Wildman–Crippen LogP) is 1.58. The highest BCUT2D eigenvalue weighted by atomic mass is 16.5. The van der Waals surface area contributed by atoms with E-state index in [1.165, 1.54) is 18.5 Å². The first-order valence-corrected chi connectivity index (χ1v) is 6.09. The SMILES string of the molecule is CC(C)COCCCNC(=O)c1cncc(O)c1. The zero-order valence-corrected chi connectivity index (χ0v) is 10.8. The Hall–Kier alpha value is -1.62. The number of amides is 1. The smallest absolute Gasteiger partial charge is 0.252 e. The molecule has 1 heterocycles. The van der Waals surface area contributed by atoms with Crippen LogP contribution in [0.1, 0.15) is 30.6 Å². The van der Waals surface area contributed by atoms with E-state index in [0.717, 1.165) is 13.0 Å². The lowest BCUT2D eigenvalue weighted by molar-refractivity contribution is 0.0924. The Bertz CT molecular complexity index is 380. The van der Waals surface area contributed by atoms with Gasteiger partial charge in [-0.3, -0.25) is 9.78 Å². The highest BCUT2D eigenvalue weighted by Crippen LogP contribution is 2.07. The molecule has 1 rings (SSSR count). The summed E-state index contributed by atoms with van der Waals surface area (Å²) in [6.45, 7) is 6.11. The van der Waals surface area contributed by atoms with Crippen molar-refractivity contribution in [3.63, 3.8) is 0 Å². The summed E-state index contributed by atoms with van der Waals surface area (Å²) in [5, 5.41) is 11.9. The molecule has 5 heteroatoms. The zero-order chi connectivity index (χ0) is 13.4. The maximum atomic E-state index is 11.6. The van der Waals surface area contributed by atoms with Crippen molar-refractivity contribution in [3.05, 3.63) is 24.0 Å². The second kappa shape index (κ2) is 7.66. The van der Waals surface area contributed by atoms with Gasteiger partial charge >= 0.3 is 0 Å². The molecule has 0 aliphatic carbocycles. The standard InChI is InChI=1S/C13H20N2O3/c1-10(2)9-18-5-3-4-15-13(17)11-6-12(16)8-14-7-11/h6-8,10,16H,3-5,9H2,1-2H3,(H,15,17). The van der Waals surface area contributed by atoms with Gasteiger partial charge in [0, 0.05) is 26.0 Å². The first-order chi connectivity index (χ1) is 8.59. The van der Waals surface area contributed by atoms with Gasteiger partial charge in [0.25, 0.3) is 5.91 Å². The predicted molar refractivity (Wildman–Crippen MR) is 68.5 cm³/mol. The fourth-order valence-corrected chi connectivity index (χ4v) is 1.35. The van der Waals surface area contributed by atoms with Gasteiger partial charge < -0.3 is 15.2 Å². The molecule has 0 spiro atoms. The molecule has 0 saturated carbocycles. The summed E-state index contributed by atoms with van der Waals surface area (Å²) >= 11 is 0. The van der Waals surface area contributed by atoms with Crippen LogP contribution in [0.5, 0.6) is 5.75 Å². The molecule has 100 valence electrons. The lowest BCUT2D eigenvalue weighted by Gasteiger charge is -2.07. The van der Waals surface area contributed by atoms with Gasteiger partial charge in [0.1, 0.15) is 5.75 Å². The van der Waals surface area contributed by atoms with Crippen LogP contribution in [0.4, 0.5) is 0 Å². The van der Waals surface area contributed by atoms with Gasteiger partial charge in [0.05, 0.1) is 11.8 Å². The van der Waals surface area contributed by atoms with Crippen LogP contribution in [0.15, 0.2) is 18.5 Å². The lowest BCUT2D eigenvalue weighted by atomic mass is 10.2. The van der Waals surface area contributed by atoms with E-state index in [2.05, 4.69) is 24.1 Å². The summed E-state index contributed by atoms with van der Waals surface area (Å²) in [6, 6.07) is 1.39. The molecule has 0 aromatic carbocycles. The van der Waals surface area contributed by atoms with Crippen molar-refractivity contribution in [2.75, 3.05) is 19.8 Å². The Morgan fingerprint density at radius 3 is 2.94 bits per heavy atom. The third kappa shape index (κ3) is 5.63. The number of hydrogen-bond donors (Lipinski definition) is 2. The largest absolute Gasteiger partial charge is 0.506 e. The van der Waals surface area contributed by atoms with E-state index in [0.29, 0.717) is 24.6 Å². The minimum Gasteiger partial charge on any atom is -0.506 e. The van der Waals surface area contributed by atoms with E-state index >= 15 is 0 Å². The maximum absolute atomic E-state index is 11.6. The Kier molecular flexibility index (Phi) is 6.14. The Morgan fingerprint density at radius 1 is 1.50 bits per heavy atom. The number of hydrogen-bond acceptors (Lipinski definition) is 4. The molecule has 5 nitrogen and oxygen atoms in total. The van der Waals surface area contributed by atoms with Crippen molar-refractivity contribution in [3.8, 4) is 5.75 Å². The molecule has 0 radical (unpaired) electrons. The number of nitrogens with zero attached hydrogens (tertiary/aromatic N) is 1. The van der Waals surface area contributed by atoms with Crippen molar-refractivity contribution >= 4 is 5.91 Å². The average molecular weight is 252 g/mol. The van der Waals surface area contributed by atoms with Gasteiger partial charge in [-0.15, -0.1) is 0 Å². The van der Waals surface area contributed by atoms with E-state index < -0.39 is 0 Å². The summed E-state index contributed by atoms with van der Waals surface area (Å²) in [6.07, 6.45) is 3.48. The summed E-state index contributed by atoms with van der Waals surface area (Å²) in [5.41, 5.74) is 0.359. The van der Waals surface area contributed by atoms with Gasteiger partial charge in [-0.25, -0.2) is 0 Å². The van der Waals surface area contributed by atoms with E-state index in [-0.39, 0.29) is 11.7 Å². The van der Waals surface area contributed by atoms with Crippen LogP contribution < -0.4 is 5.32 Å². The highest BCUT2D eigenvalue weighted by molar-refractivity contribution is 5.94. The molecule has 0 atom stereocenters. The molecule has 2 N–H and O–H groups in total. The Balaban J connectivity index is 2.18. The number of carbonyl (C=O) groups excluding carboxylic acids is 1. The van der Waals surface area contributed by atoms with Gasteiger partial charge in [-0.05, 0) is 18.4 Å². The number of ether oxygens (including phenoxy) is 1. The van der Waals surface area contributed by atoms with Gasteiger partial charge in [-0.1, -0.05) is 13.8 Å². The van der Waals surface area contributed by atoms with Crippen LogP contribution in [0.25, 0.3) is 0 Å². The van der Waals surface area contributed by atoms with Gasteiger partial charge in [0.2, 0.25) is 0 Å². The number of carbonyl (C=O) groups is 1. The third-order valence-corrected chi connectivity index (χ3v) is 2.19. The topological polar surface area (TPSA) is 71.5 Å². The van der Waals surface area contributed by atoms with Crippen molar-refractivity contribution in [2.45, 2.75) is 20.3 Å². The Labute approximate surface area is 107 Å². The van der Waals surface area contributed by atoms with Crippen LogP contribution in [0.3, 0.4) is 0 Å². The number of rotatable bonds is 7. The molecular weight excluding hydrogens is 232 g/mol. The molecule has 0 bridgehead atoms. The number of pyridine rings is 1. The number of nitrogens with one attached hydrogen (secondary N) is 1. The monoisotopic (exact) mass is 252 g/mol. The molecule has 18 heavy (non-hydrogen) atoms. The highest BCUT2D eigenvalue weighted by Gasteiger charge is 2.05. The molecule has 0 saturated heterocycles. The van der Waals surface area contributed by atoms with Crippen molar-refractivity contribution in [1.82, 2.24) is 10.3 Å². The van der Waals surface area contributed by atoms with Crippen LogP contribution in [-0.2, 0) is 4.74 Å². The first-order valence-electron chi connectivity index (χ1n) is 6.09. The number of aromatic nitrogens is 1. The minimum absolute atomic E-state index is 0.0112. The summed E-state index contributed by atoms with van der Waals surface area (Å²) in [7, 11) is 0. The molecule has 0 aliphatic heterocycles. The molecule has 1 aromatic heterocycles. The summed E-state index contributed by atoms with van der Waals surface area (Å²) in [4.78, 5) is 15.4. The fraction of sp³-hybridized carbons (Fsp3) is 0.538. The van der Waals surface area contributed by atoms with E-state index in [1.54, 1.807) is 0 Å². The second-order valence-corrected chi connectivity index (χ2v) is 4.51. The molecule has 1 aromatic rings. The first kappa shape index (κ1) is 14.4. The normalized spacial score (nSPS) is 10.6. The summed E-state index contributed by atoms with van der Waals surface area (Å²) in [5.74, 6) is 0.281. The van der Waals surface area contributed by atoms with Crippen LogP contribution in [0.2, 0.25) is 0 Å². The molecule has 0 aliphatic rings. The second-order valence-electron chi connectivity index (χ2n) is 4.51. The lowest BCUT2D eigenvalue weighted by Crippen LogP contribution is -2.25. The van der Waals surface area contributed by atoms with E-state index in [9.17, 15) is 9.90 Å². The van der Waals surface area contributed by atoms with Crippen molar-refractivity contribution in [1.29, 1.82) is 0 Å². The fourth-order valence-electron chi connectivity index (χ4n) is 1.35. The van der Waals surface area contributed by atoms with Crippen molar-refractivity contribution in [2.24, 2.45) is 5.92 Å². The van der Waals surface area contributed by atoms with E-state index in [1.807, 2.05) is 0 Å². The molecule has 1 amide bonds. The zero-order valence-electron chi connectivity index (χ0n) is 10.8. The van der Waals surface area contributed by atoms with Gasteiger partial charge in [0.15, 0.2) is 0 Å². The van der Waals surface area contributed by atoms with Crippen molar-refractivity contribution < 1.29 is 14.6 Å². The quantitative estimate of drug-likeness (QED) is 0.723. The maximum Gasteiger partial charge on any atom is 0.252 e. The van der Waals surface area contributed by atoms with Gasteiger partial charge in [-0.2, -0.15) is 0 Å². The van der Waals surface area contributed by atoms with Crippen LogP contribution >= 0.6 is 0 Å². The molecular formula is C13H20N2O3. The number of aromatic hydroxyl groups is 1. The van der Waals surface area contributed by atoms with Crippen LogP contribution in [-0.4, -0.2) is 35.8 Å². The molecule has 0 fully saturated rings.